The molecule has 0 bridgehead atoms. The summed E-state index contributed by atoms with van der Waals surface area (Å²) < 4.78 is 11.8. The highest BCUT2D eigenvalue weighted by atomic mass is 16.6. The zero-order valence-electron chi connectivity index (χ0n) is 21.4. The smallest absolute Gasteiger partial charge is 0.408 e. The van der Waals surface area contributed by atoms with E-state index >= 15 is 0 Å². The second-order valence-electron chi connectivity index (χ2n) is 10.5. The number of ether oxygens (including phenoxy) is 2. The number of carbonyl (C=O) groups is 4. The van der Waals surface area contributed by atoms with Crippen LogP contribution in [0, 0.1) is 5.41 Å². The zero-order valence-corrected chi connectivity index (χ0v) is 21.4. The molecule has 2 rings (SSSR count). The van der Waals surface area contributed by atoms with E-state index in [4.69, 9.17) is 9.47 Å². The Labute approximate surface area is 201 Å². The molecule has 0 saturated carbocycles. The summed E-state index contributed by atoms with van der Waals surface area (Å²) in [5.41, 5.74) is 0.883. The number of aryl methyl sites for hydroxylation is 1. The van der Waals surface area contributed by atoms with E-state index < -0.39 is 29.1 Å². The third-order valence-corrected chi connectivity index (χ3v) is 5.20. The standard InChI is InChI=1S/C26H36N2O6/c1-16(29)12-13-17-10-9-11-19-18(15-28(21(17)19)23(31)25(2,3)4)14-20(22(30)33-8)27-24(32)34-26(5,6)7/h9-11,15,20H,12-14H2,1-8H3,(H,27,32)/t20-/m0/s1. The fourth-order valence-corrected chi connectivity index (χ4v) is 3.63. The maximum absolute atomic E-state index is 13.3. The minimum absolute atomic E-state index is 0.0600. The van der Waals surface area contributed by atoms with Crippen molar-refractivity contribution in [1.29, 1.82) is 0 Å². The summed E-state index contributed by atoms with van der Waals surface area (Å²) in [4.78, 5) is 49.8. The molecule has 1 N–H and O–H groups in total. The van der Waals surface area contributed by atoms with E-state index in [2.05, 4.69) is 5.32 Å². The quantitative estimate of drug-likeness (QED) is 0.597. The van der Waals surface area contributed by atoms with Crippen molar-refractivity contribution >= 4 is 34.7 Å². The number of fused-ring (bicyclic) bond motifs is 1. The second-order valence-corrected chi connectivity index (χ2v) is 10.5. The van der Waals surface area contributed by atoms with Gasteiger partial charge in [-0.2, -0.15) is 0 Å². The largest absolute Gasteiger partial charge is 0.467 e. The lowest BCUT2D eigenvalue weighted by Crippen LogP contribution is -2.45. The first-order valence-corrected chi connectivity index (χ1v) is 11.4. The molecule has 8 nitrogen and oxygen atoms in total. The monoisotopic (exact) mass is 472 g/mol. The molecule has 1 heterocycles. The maximum atomic E-state index is 13.3. The molecule has 0 aliphatic heterocycles. The molecule has 0 saturated heterocycles. The Hall–Kier alpha value is -3.16. The van der Waals surface area contributed by atoms with Gasteiger partial charge in [-0.15, -0.1) is 0 Å². The number of aromatic nitrogens is 1. The molecular formula is C26H36N2O6. The van der Waals surface area contributed by atoms with Gasteiger partial charge in [-0.3, -0.25) is 9.36 Å². The Bertz CT molecular complexity index is 1090. The van der Waals surface area contributed by atoms with Gasteiger partial charge < -0.3 is 19.6 Å². The Morgan fingerprint density at radius 2 is 1.68 bits per heavy atom. The first-order chi connectivity index (χ1) is 15.6. The number of esters is 1. The Morgan fingerprint density at radius 3 is 2.21 bits per heavy atom. The number of ketones is 1. The molecule has 1 aromatic heterocycles. The van der Waals surface area contributed by atoms with Crippen molar-refractivity contribution < 1.29 is 28.7 Å². The normalized spacial score (nSPS) is 12.8. The third kappa shape index (κ3) is 6.92. The van der Waals surface area contributed by atoms with Gasteiger partial charge in [0.25, 0.3) is 0 Å². The van der Waals surface area contributed by atoms with E-state index in [-0.39, 0.29) is 18.1 Å². The summed E-state index contributed by atoms with van der Waals surface area (Å²) in [6.07, 6.45) is 1.92. The van der Waals surface area contributed by atoms with E-state index in [1.807, 2.05) is 39.0 Å². The Balaban J connectivity index is 2.56. The van der Waals surface area contributed by atoms with Crippen molar-refractivity contribution in [2.45, 2.75) is 79.4 Å². The number of amides is 1. The number of nitrogens with one attached hydrogen (secondary N) is 1. The van der Waals surface area contributed by atoms with Crippen LogP contribution in [0.2, 0.25) is 0 Å². The van der Waals surface area contributed by atoms with Gasteiger partial charge in [0.15, 0.2) is 0 Å². The highest BCUT2D eigenvalue weighted by Crippen LogP contribution is 2.30. The lowest BCUT2D eigenvalue weighted by atomic mass is 9.95. The number of benzene rings is 1. The van der Waals surface area contributed by atoms with E-state index in [0.29, 0.717) is 23.9 Å². The summed E-state index contributed by atoms with van der Waals surface area (Å²) in [7, 11) is 1.25. The minimum atomic E-state index is -1.01. The molecule has 1 atom stereocenters. The second kappa shape index (κ2) is 10.4. The lowest BCUT2D eigenvalue weighted by molar-refractivity contribution is -0.143. The van der Waals surface area contributed by atoms with Gasteiger partial charge in [0, 0.05) is 29.8 Å². The molecule has 0 aliphatic carbocycles. The van der Waals surface area contributed by atoms with Crippen LogP contribution in [0.4, 0.5) is 4.79 Å². The maximum Gasteiger partial charge on any atom is 0.408 e. The summed E-state index contributed by atoms with van der Waals surface area (Å²) >= 11 is 0. The van der Waals surface area contributed by atoms with E-state index in [1.54, 1.807) is 31.5 Å². The minimum Gasteiger partial charge on any atom is -0.467 e. The number of hydrogen-bond donors (Lipinski definition) is 1. The average Bonchev–Trinajstić information content (AvgIpc) is 3.07. The van der Waals surface area contributed by atoms with Crippen LogP contribution < -0.4 is 5.32 Å². The van der Waals surface area contributed by atoms with Gasteiger partial charge in [0.2, 0.25) is 5.91 Å². The number of Topliss-reactive ketones (excluding diaryl/α,β-unsaturated/α-hetero) is 1. The lowest BCUT2D eigenvalue weighted by Gasteiger charge is -2.22. The van der Waals surface area contributed by atoms with Crippen LogP contribution in [-0.4, -0.2) is 47.1 Å². The fraction of sp³-hybridized carbons (Fsp3) is 0.538. The molecule has 8 heteroatoms. The molecule has 0 spiro atoms. The van der Waals surface area contributed by atoms with Gasteiger partial charge in [-0.25, -0.2) is 9.59 Å². The van der Waals surface area contributed by atoms with Crippen LogP contribution in [0.3, 0.4) is 0 Å². The fourth-order valence-electron chi connectivity index (χ4n) is 3.63. The third-order valence-electron chi connectivity index (χ3n) is 5.20. The number of methoxy groups -OCH3 is 1. The van der Waals surface area contributed by atoms with Gasteiger partial charge in [0.05, 0.1) is 12.6 Å². The first-order valence-electron chi connectivity index (χ1n) is 11.4. The molecule has 0 aliphatic rings. The number of nitrogens with zero attached hydrogens (tertiary/aromatic N) is 1. The van der Waals surface area contributed by atoms with E-state index in [0.717, 1.165) is 10.9 Å². The Kier molecular flexibility index (Phi) is 8.29. The van der Waals surface area contributed by atoms with Crippen LogP contribution >= 0.6 is 0 Å². The SMILES string of the molecule is COC(=O)[C@H](Cc1cn(C(=O)C(C)(C)C)c2c(CCC(C)=O)cccc12)NC(=O)OC(C)(C)C. The molecular weight excluding hydrogens is 436 g/mol. The topological polar surface area (TPSA) is 104 Å². The molecule has 0 radical (unpaired) electrons. The van der Waals surface area contributed by atoms with Crippen LogP contribution in [0.15, 0.2) is 24.4 Å². The number of para-hydroxylation sites is 1. The molecule has 0 fully saturated rings. The predicted octanol–water partition coefficient (Wildman–Crippen LogP) is 4.46. The molecule has 34 heavy (non-hydrogen) atoms. The van der Waals surface area contributed by atoms with E-state index in [1.165, 1.54) is 14.0 Å². The van der Waals surface area contributed by atoms with Crippen molar-refractivity contribution in [2.24, 2.45) is 5.41 Å². The van der Waals surface area contributed by atoms with E-state index in [9.17, 15) is 19.2 Å². The summed E-state index contributed by atoms with van der Waals surface area (Å²) in [5.74, 6) is -0.680. The number of hydrogen-bond acceptors (Lipinski definition) is 6. The zero-order chi connectivity index (χ0) is 25.8. The summed E-state index contributed by atoms with van der Waals surface area (Å²) in [6, 6.07) is 4.63. The van der Waals surface area contributed by atoms with Gasteiger partial charge in [-0.05, 0) is 45.2 Å². The Morgan fingerprint density at radius 1 is 1.03 bits per heavy atom. The van der Waals surface area contributed by atoms with Crippen molar-refractivity contribution in [3.63, 3.8) is 0 Å². The number of alkyl carbamates (subject to hydrolysis) is 1. The van der Waals surface area contributed by atoms with Gasteiger partial charge >= 0.3 is 12.1 Å². The highest BCUT2D eigenvalue weighted by molar-refractivity contribution is 5.98. The number of rotatable bonds is 7. The summed E-state index contributed by atoms with van der Waals surface area (Å²) in [6.45, 7) is 12.2. The van der Waals surface area contributed by atoms with Crippen LogP contribution in [-0.2, 0) is 31.9 Å². The molecule has 2 aromatic rings. The summed E-state index contributed by atoms with van der Waals surface area (Å²) in [5, 5.41) is 3.36. The van der Waals surface area contributed by atoms with Crippen LogP contribution in [0.5, 0.6) is 0 Å². The molecule has 1 amide bonds. The average molecular weight is 473 g/mol. The van der Waals surface area contributed by atoms with Crippen molar-refractivity contribution in [1.82, 2.24) is 9.88 Å². The molecule has 186 valence electrons. The highest BCUT2D eigenvalue weighted by Gasteiger charge is 2.30. The van der Waals surface area contributed by atoms with Gasteiger partial charge in [-0.1, -0.05) is 39.0 Å². The molecule has 1 aromatic carbocycles. The van der Waals surface area contributed by atoms with Crippen molar-refractivity contribution in [2.75, 3.05) is 7.11 Å². The predicted molar refractivity (Wildman–Crippen MR) is 130 cm³/mol. The first kappa shape index (κ1) is 27.1. The van der Waals surface area contributed by atoms with Crippen LogP contribution in [0.25, 0.3) is 10.9 Å². The molecule has 0 unspecified atom stereocenters. The van der Waals surface area contributed by atoms with Crippen LogP contribution in [0.1, 0.15) is 70.8 Å². The van der Waals surface area contributed by atoms with Gasteiger partial charge in [0.1, 0.15) is 17.4 Å². The number of carbonyl (C=O) groups excluding carboxylic acids is 4. The van der Waals surface area contributed by atoms with Crippen molar-refractivity contribution in [3.8, 4) is 0 Å². The van der Waals surface area contributed by atoms with Crippen molar-refractivity contribution in [3.05, 3.63) is 35.5 Å².